The van der Waals surface area contributed by atoms with Gasteiger partial charge in [-0.3, -0.25) is 9.36 Å². The molecule has 0 radical (unpaired) electrons. The van der Waals surface area contributed by atoms with Crippen molar-refractivity contribution in [3.05, 3.63) is 63.4 Å². The van der Waals surface area contributed by atoms with Gasteiger partial charge in [0.15, 0.2) is 25.1 Å². The first-order valence-corrected chi connectivity index (χ1v) is 15.0. The molecule has 41 heavy (non-hydrogen) atoms. The zero-order chi connectivity index (χ0) is 28.0. The molecule has 7 atom stereocenters. The Morgan fingerprint density at radius 2 is 1.34 bits per heavy atom. The van der Waals surface area contributed by atoms with Crippen LogP contribution in [0.1, 0.15) is 64.0 Å². The molecule has 11 heteroatoms. The second-order valence-corrected chi connectivity index (χ2v) is 11.0. The Balaban J connectivity index is 1.34. The summed E-state index contributed by atoms with van der Waals surface area (Å²) in [6.07, 6.45) is 5.76. The lowest BCUT2D eigenvalue weighted by molar-refractivity contribution is -0.251. The zero-order valence-electron chi connectivity index (χ0n) is 23.3. The van der Waals surface area contributed by atoms with Gasteiger partial charge in [0.25, 0.3) is 5.56 Å². The highest BCUT2D eigenvalue weighted by molar-refractivity contribution is 5.30. The molecule has 7 unspecified atom stereocenters. The molecule has 0 aliphatic carbocycles. The fourth-order valence-electron chi connectivity index (χ4n) is 5.91. The molecule has 4 aliphatic rings. The fraction of sp³-hybridized carbons (Fsp3) is 0.667. The van der Waals surface area contributed by atoms with Gasteiger partial charge in [0, 0.05) is 32.1 Å². The van der Waals surface area contributed by atoms with Gasteiger partial charge in [-0.15, -0.1) is 0 Å². The molecule has 1 aromatic heterocycles. The van der Waals surface area contributed by atoms with E-state index < -0.39 is 48.4 Å². The van der Waals surface area contributed by atoms with E-state index in [1.54, 1.807) is 24.3 Å². The topological polar surface area (TPSA) is 109 Å². The van der Waals surface area contributed by atoms with Crippen LogP contribution >= 0.6 is 0 Å². The SMILES string of the molecule is O=c1ccn(C2OC(COC3CCCCO3)C(OC3CCCCO3)C2OC2CCCCO2)c(=O)n1-c1ccccc1. The largest absolute Gasteiger partial charge is 0.353 e. The van der Waals surface area contributed by atoms with E-state index in [0.717, 1.165) is 62.4 Å². The Hall–Kier alpha value is -2.38. The fourth-order valence-corrected chi connectivity index (χ4v) is 5.91. The van der Waals surface area contributed by atoms with Crippen LogP contribution in [0.3, 0.4) is 0 Å². The number of benzene rings is 1. The van der Waals surface area contributed by atoms with Gasteiger partial charge in [0.05, 0.1) is 12.3 Å². The highest BCUT2D eigenvalue weighted by Gasteiger charge is 2.50. The molecular weight excluding hydrogens is 532 g/mol. The second-order valence-electron chi connectivity index (χ2n) is 11.0. The average molecular weight is 573 g/mol. The third kappa shape index (κ3) is 6.83. The Morgan fingerprint density at radius 1 is 0.732 bits per heavy atom. The van der Waals surface area contributed by atoms with Crippen molar-refractivity contribution in [1.29, 1.82) is 0 Å². The van der Waals surface area contributed by atoms with Gasteiger partial charge in [-0.05, 0) is 69.9 Å². The molecule has 0 N–H and O–H groups in total. The van der Waals surface area contributed by atoms with Crippen molar-refractivity contribution in [2.45, 2.75) is 101 Å². The summed E-state index contributed by atoms with van der Waals surface area (Å²) in [5.74, 6) is 0. The summed E-state index contributed by atoms with van der Waals surface area (Å²) in [6.45, 7) is 2.08. The first-order chi connectivity index (χ1) is 20.2. The molecule has 0 saturated carbocycles. The van der Waals surface area contributed by atoms with Crippen molar-refractivity contribution in [3.8, 4) is 5.69 Å². The summed E-state index contributed by atoms with van der Waals surface area (Å²) in [5, 5.41) is 0. The average Bonchev–Trinajstić information content (AvgIpc) is 3.34. The number of ether oxygens (including phenoxy) is 7. The number of hydrogen-bond donors (Lipinski definition) is 0. The van der Waals surface area contributed by atoms with Crippen LogP contribution in [-0.4, -0.2) is 72.7 Å². The molecule has 0 spiro atoms. The Labute approximate surface area is 239 Å². The first-order valence-electron chi connectivity index (χ1n) is 15.0. The monoisotopic (exact) mass is 572 g/mol. The molecule has 0 bridgehead atoms. The van der Waals surface area contributed by atoms with Gasteiger partial charge >= 0.3 is 5.69 Å². The van der Waals surface area contributed by atoms with Crippen LogP contribution in [-0.2, 0) is 33.2 Å². The van der Waals surface area contributed by atoms with Gasteiger partial charge in [-0.1, -0.05) is 18.2 Å². The summed E-state index contributed by atoms with van der Waals surface area (Å²) in [4.78, 5) is 26.7. The maximum Gasteiger partial charge on any atom is 0.337 e. The van der Waals surface area contributed by atoms with E-state index in [-0.39, 0.29) is 12.9 Å². The summed E-state index contributed by atoms with van der Waals surface area (Å²) in [5.41, 5.74) is -0.487. The van der Waals surface area contributed by atoms with Gasteiger partial charge < -0.3 is 33.2 Å². The Kier molecular flexibility index (Phi) is 9.62. The van der Waals surface area contributed by atoms with Gasteiger partial charge in [0.1, 0.15) is 18.3 Å². The molecule has 224 valence electrons. The number of nitrogens with zero attached hydrogens (tertiary/aromatic N) is 2. The van der Waals surface area contributed by atoms with Gasteiger partial charge in [-0.25, -0.2) is 9.36 Å². The first kappa shape index (κ1) is 28.7. The molecule has 11 nitrogen and oxygen atoms in total. The van der Waals surface area contributed by atoms with Crippen molar-refractivity contribution in [3.63, 3.8) is 0 Å². The molecule has 4 fully saturated rings. The van der Waals surface area contributed by atoms with Crippen LogP contribution < -0.4 is 11.2 Å². The van der Waals surface area contributed by atoms with Gasteiger partial charge in [0.2, 0.25) is 0 Å². The molecule has 4 aliphatic heterocycles. The Morgan fingerprint density at radius 3 is 1.95 bits per heavy atom. The Bertz CT molecular complexity index is 1220. The molecule has 2 aromatic rings. The standard InChI is InChI=1S/C30H40N2O9/c33-23-15-16-31(30(34)32(23)21-10-2-1-3-11-21)29-28(41-26-14-6-9-19-37-26)27(40-25-13-5-8-18-36-25)22(39-29)20-38-24-12-4-7-17-35-24/h1-3,10-11,15-16,22,24-29H,4-9,12-14,17-20H2. The third-order valence-electron chi connectivity index (χ3n) is 8.06. The number of para-hydroxylation sites is 1. The summed E-state index contributed by atoms with van der Waals surface area (Å²) >= 11 is 0. The zero-order valence-corrected chi connectivity index (χ0v) is 23.3. The molecule has 0 amide bonds. The van der Waals surface area contributed by atoms with Crippen molar-refractivity contribution in [2.24, 2.45) is 0 Å². The minimum Gasteiger partial charge on any atom is -0.353 e. The van der Waals surface area contributed by atoms with Crippen molar-refractivity contribution >= 4 is 0 Å². The predicted molar refractivity (Wildman–Crippen MR) is 147 cm³/mol. The van der Waals surface area contributed by atoms with E-state index in [1.165, 1.54) is 16.8 Å². The van der Waals surface area contributed by atoms with Crippen LogP contribution in [0, 0.1) is 0 Å². The van der Waals surface area contributed by atoms with E-state index in [4.69, 9.17) is 33.2 Å². The van der Waals surface area contributed by atoms with Crippen LogP contribution in [0.4, 0.5) is 0 Å². The quantitative estimate of drug-likeness (QED) is 0.447. The normalized spacial score (nSPS) is 32.6. The van der Waals surface area contributed by atoms with E-state index in [1.807, 2.05) is 6.07 Å². The van der Waals surface area contributed by atoms with Crippen LogP contribution in [0.2, 0.25) is 0 Å². The predicted octanol–water partition coefficient (Wildman–Crippen LogP) is 3.26. The lowest BCUT2D eigenvalue weighted by Gasteiger charge is -2.34. The second kappa shape index (κ2) is 13.7. The highest BCUT2D eigenvalue weighted by atomic mass is 16.7. The van der Waals surface area contributed by atoms with Crippen molar-refractivity contribution < 1.29 is 33.2 Å². The summed E-state index contributed by atoms with van der Waals surface area (Å²) in [7, 11) is 0. The smallest absolute Gasteiger partial charge is 0.337 e. The molecule has 6 rings (SSSR count). The summed E-state index contributed by atoms with van der Waals surface area (Å²) < 4.78 is 46.1. The number of rotatable bonds is 9. The van der Waals surface area contributed by atoms with E-state index in [9.17, 15) is 9.59 Å². The minimum atomic E-state index is -0.891. The number of aromatic nitrogens is 2. The minimum absolute atomic E-state index is 0.191. The van der Waals surface area contributed by atoms with Gasteiger partial charge in [-0.2, -0.15) is 0 Å². The lowest BCUT2D eigenvalue weighted by Crippen LogP contribution is -2.46. The van der Waals surface area contributed by atoms with E-state index in [0.29, 0.717) is 25.5 Å². The lowest BCUT2D eigenvalue weighted by atomic mass is 10.1. The third-order valence-corrected chi connectivity index (χ3v) is 8.06. The molecule has 1 aromatic carbocycles. The highest BCUT2D eigenvalue weighted by Crippen LogP contribution is 2.37. The molecular formula is C30H40N2O9. The molecule has 5 heterocycles. The van der Waals surface area contributed by atoms with Crippen LogP contribution in [0.15, 0.2) is 52.2 Å². The molecule has 4 saturated heterocycles. The number of hydrogen-bond acceptors (Lipinski definition) is 9. The van der Waals surface area contributed by atoms with Crippen LogP contribution in [0.5, 0.6) is 0 Å². The van der Waals surface area contributed by atoms with Crippen molar-refractivity contribution in [1.82, 2.24) is 9.13 Å². The van der Waals surface area contributed by atoms with E-state index in [2.05, 4.69) is 0 Å². The van der Waals surface area contributed by atoms with Crippen molar-refractivity contribution in [2.75, 3.05) is 26.4 Å². The maximum atomic E-state index is 13.9. The van der Waals surface area contributed by atoms with Crippen LogP contribution in [0.25, 0.3) is 5.69 Å². The maximum absolute atomic E-state index is 13.9. The van der Waals surface area contributed by atoms with E-state index >= 15 is 0 Å². The summed E-state index contributed by atoms with van der Waals surface area (Å²) in [6, 6.07) is 10.2.